The van der Waals surface area contributed by atoms with E-state index in [0.717, 1.165) is 19.8 Å². The molecule has 2 bridgehead atoms. The van der Waals surface area contributed by atoms with Crippen molar-refractivity contribution in [1.82, 2.24) is 5.32 Å². The number of fused-ring (bicyclic) bond motifs is 3. The van der Waals surface area contributed by atoms with Gasteiger partial charge in [-0.3, -0.25) is 0 Å². The lowest BCUT2D eigenvalue weighted by Crippen LogP contribution is -2.62. The van der Waals surface area contributed by atoms with E-state index in [1.807, 2.05) is 0 Å². The van der Waals surface area contributed by atoms with Gasteiger partial charge in [0.2, 0.25) is 0 Å². The van der Waals surface area contributed by atoms with Gasteiger partial charge >= 0.3 is 0 Å². The standard InChI is InChI=1S/C10H19NO3/c1-8(2)11-4-10-12-5-9(3,6-13-10)7-14-10/h8,11H,4-7H2,1-3H3. The van der Waals surface area contributed by atoms with Crippen LogP contribution in [0.5, 0.6) is 0 Å². The molecule has 0 aromatic heterocycles. The zero-order valence-electron chi connectivity index (χ0n) is 9.13. The Hall–Kier alpha value is -0.160. The van der Waals surface area contributed by atoms with E-state index in [1.54, 1.807) is 0 Å². The first-order chi connectivity index (χ1) is 6.54. The van der Waals surface area contributed by atoms with Crippen molar-refractivity contribution >= 4 is 0 Å². The van der Waals surface area contributed by atoms with Crippen molar-refractivity contribution in [3.8, 4) is 0 Å². The molecule has 0 aliphatic carbocycles. The van der Waals surface area contributed by atoms with E-state index in [1.165, 1.54) is 0 Å². The molecular weight excluding hydrogens is 182 g/mol. The highest BCUT2D eigenvalue weighted by atomic mass is 16.9. The molecule has 0 radical (unpaired) electrons. The molecule has 82 valence electrons. The van der Waals surface area contributed by atoms with Crippen molar-refractivity contribution in [3.63, 3.8) is 0 Å². The van der Waals surface area contributed by atoms with E-state index in [-0.39, 0.29) is 5.41 Å². The van der Waals surface area contributed by atoms with Crippen LogP contribution >= 0.6 is 0 Å². The van der Waals surface area contributed by atoms with Crippen molar-refractivity contribution in [2.75, 3.05) is 26.4 Å². The van der Waals surface area contributed by atoms with Crippen LogP contribution < -0.4 is 5.32 Å². The lowest BCUT2D eigenvalue weighted by atomic mass is 9.92. The van der Waals surface area contributed by atoms with Gasteiger partial charge in [0.05, 0.1) is 26.4 Å². The van der Waals surface area contributed by atoms with Crippen molar-refractivity contribution in [2.45, 2.75) is 32.8 Å². The molecule has 0 amide bonds. The summed E-state index contributed by atoms with van der Waals surface area (Å²) in [4.78, 5) is 0. The minimum absolute atomic E-state index is 0.0551. The van der Waals surface area contributed by atoms with Gasteiger partial charge in [0.25, 0.3) is 5.97 Å². The van der Waals surface area contributed by atoms with Crippen LogP contribution in [-0.2, 0) is 14.2 Å². The zero-order valence-corrected chi connectivity index (χ0v) is 9.13. The fourth-order valence-corrected chi connectivity index (χ4v) is 1.58. The lowest BCUT2D eigenvalue weighted by Gasteiger charge is -2.50. The third-order valence-electron chi connectivity index (χ3n) is 2.65. The van der Waals surface area contributed by atoms with Gasteiger partial charge in [-0.2, -0.15) is 0 Å². The molecule has 4 nitrogen and oxygen atoms in total. The quantitative estimate of drug-likeness (QED) is 0.730. The second-order valence-electron chi connectivity index (χ2n) is 4.90. The van der Waals surface area contributed by atoms with E-state index < -0.39 is 5.97 Å². The monoisotopic (exact) mass is 201 g/mol. The molecule has 3 fully saturated rings. The summed E-state index contributed by atoms with van der Waals surface area (Å²) < 4.78 is 16.8. The normalized spacial score (nSPS) is 42.0. The first-order valence-electron chi connectivity index (χ1n) is 5.19. The van der Waals surface area contributed by atoms with Crippen LogP contribution in [-0.4, -0.2) is 38.4 Å². The van der Waals surface area contributed by atoms with Gasteiger partial charge in [-0.25, -0.2) is 0 Å². The smallest absolute Gasteiger partial charge is 0.296 e. The Morgan fingerprint density at radius 2 is 1.64 bits per heavy atom. The summed E-state index contributed by atoms with van der Waals surface area (Å²) in [6.45, 7) is 9.08. The van der Waals surface area contributed by atoms with Gasteiger partial charge in [0.15, 0.2) is 0 Å². The van der Waals surface area contributed by atoms with Crippen molar-refractivity contribution in [3.05, 3.63) is 0 Å². The van der Waals surface area contributed by atoms with E-state index in [4.69, 9.17) is 14.2 Å². The summed E-state index contributed by atoms with van der Waals surface area (Å²) in [6.07, 6.45) is 0. The summed E-state index contributed by atoms with van der Waals surface area (Å²) in [6, 6.07) is 0.412. The Balaban J connectivity index is 1.92. The molecule has 0 unspecified atom stereocenters. The third kappa shape index (κ3) is 1.93. The maximum Gasteiger partial charge on any atom is 0.296 e. The molecule has 0 aromatic carbocycles. The minimum atomic E-state index is -0.817. The van der Waals surface area contributed by atoms with Crippen molar-refractivity contribution in [1.29, 1.82) is 0 Å². The van der Waals surface area contributed by atoms with Crippen LogP contribution in [0.15, 0.2) is 0 Å². The predicted octanol–water partition coefficient (Wildman–Crippen LogP) is 0.721. The van der Waals surface area contributed by atoms with Gasteiger partial charge < -0.3 is 19.5 Å². The fourth-order valence-electron chi connectivity index (χ4n) is 1.58. The van der Waals surface area contributed by atoms with Gasteiger partial charge in [0.1, 0.15) is 0 Å². The molecule has 4 heteroatoms. The average Bonchev–Trinajstić information content (AvgIpc) is 2.17. The Labute approximate surface area is 84.9 Å². The van der Waals surface area contributed by atoms with Crippen LogP contribution in [0.1, 0.15) is 20.8 Å². The lowest BCUT2D eigenvalue weighted by molar-refractivity contribution is -0.462. The van der Waals surface area contributed by atoms with Gasteiger partial charge in [-0.05, 0) is 0 Å². The molecule has 0 spiro atoms. The molecular formula is C10H19NO3. The molecule has 1 N–H and O–H groups in total. The minimum Gasteiger partial charge on any atom is -0.326 e. The van der Waals surface area contributed by atoms with Crippen LogP contribution in [0, 0.1) is 5.41 Å². The first kappa shape index (κ1) is 10.4. The third-order valence-corrected chi connectivity index (χ3v) is 2.65. The van der Waals surface area contributed by atoms with Crippen LogP contribution in [0.2, 0.25) is 0 Å². The molecule has 3 aliphatic rings. The summed E-state index contributed by atoms with van der Waals surface area (Å²) in [5.41, 5.74) is 0.0551. The number of ether oxygens (including phenoxy) is 3. The van der Waals surface area contributed by atoms with Gasteiger partial charge in [0, 0.05) is 11.5 Å². The van der Waals surface area contributed by atoms with Crippen molar-refractivity contribution < 1.29 is 14.2 Å². The Morgan fingerprint density at radius 1 is 1.14 bits per heavy atom. The van der Waals surface area contributed by atoms with Crippen LogP contribution in [0.4, 0.5) is 0 Å². The average molecular weight is 201 g/mol. The van der Waals surface area contributed by atoms with E-state index in [9.17, 15) is 0 Å². The fraction of sp³-hybridized carbons (Fsp3) is 1.00. The van der Waals surface area contributed by atoms with E-state index in [0.29, 0.717) is 12.6 Å². The molecule has 0 aromatic rings. The van der Waals surface area contributed by atoms with Crippen LogP contribution in [0.3, 0.4) is 0 Å². The molecule has 14 heavy (non-hydrogen) atoms. The topological polar surface area (TPSA) is 39.7 Å². The zero-order chi connectivity index (χ0) is 10.2. The maximum atomic E-state index is 5.61. The van der Waals surface area contributed by atoms with Crippen LogP contribution in [0.25, 0.3) is 0 Å². The SMILES string of the molecule is CC(C)NCC12OCC(C)(CO1)CO2. The first-order valence-corrected chi connectivity index (χ1v) is 5.19. The maximum absolute atomic E-state index is 5.61. The molecule has 3 saturated heterocycles. The second kappa shape index (κ2) is 3.45. The summed E-state index contributed by atoms with van der Waals surface area (Å²) in [5.74, 6) is -0.817. The highest BCUT2D eigenvalue weighted by Gasteiger charge is 2.50. The van der Waals surface area contributed by atoms with E-state index in [2.05, 4.69) is 26.1 Å². The molecule has 3 rings (SSSR count). The molecule has 3 aliphatic heterocycles. The number of hydrogen-bond donors (Lipinski definition) is 1. The second-order valence-corrected chi connectivity index (χ2v) is 4.90. The van der Waals surface area contributed by atoms with E-state index >= 15 is 0 Å². The summed E-state index contributed by atoms with van der Waals surface area (Å²) in [7, 11) is 0. The number of nitrogens with one attached hydrogen (secondary N) is 1. The molecule has 0 atom stereocenters. The highest BCUT2D eigenvalue weighted by molar-refractivity contribution is 4.85. The summed E-state index contributed by atoms with van der Waals surface area (Å²) >= 11 is 0. The number of hydrogen-bond acceptors (Lipinski definition) is 4. The number of rotatable bonds is 3. The Bertz CT molecular complexity index is 193. The van der Waals surface area contributed by atoms with Gasteiger partial charge in [-0.15, -0.1) is 0 Å². The van der Waals surface area contributed by atoms with Crippen molar-refractivity contribution in [2.24, 2.45) is 5.41 Å². The Kier molecular flexibility index (Phi) is 2.55. The summed E-state index contributed by atoms with van der Waals surface area (Å²) in [5, 5.41) is 3.27. The predicted molar refractivity (Wildman–Crippen MR) is 51.8 cm³/mol. The highest BCUT2D eigenvalue weighted by Crippen LogP contribution is 2.37. The molecule has 0 saturated carbocycles. The largest absolute Gasteiger partial charge is 0.326 e. The van der Waals surface area contributed by atoms with Gasteiger partial charge in [-0.1, -0.05) is 20.8 Å². The molecule has 3 heterocycles. The Morgan fingerprint density at radius 3 is 2.07 bits per heavy atom.